The SMILES string of the molecule is CN(C(=O)c1ccccc1)c1cccc(C(=O)Nc2c(I)cc(C(F)(C(F)(F)F)C(F)(F)C(F)(F)F)cc2I)c1F. The van der Waals surface area contributed by atoms with E-state index in [0.29, 0.717) is 0 Å². The number of carbonyl (C=O) groups is 2. The van der Waals surface area contributed by atoms with Gasteiger partial charge in [-0.25, -0.2) is 8.78 Å². The van der Waals surface area contributed by atoms with Gasteiger partial charge in [-0.2, -0.15) is 35.1 Å². The van der Waals surface area contributed by atoms with Crippen LogP contribution in [0.2, 0.25) is 0 Å². The van der Waals surface area contributed by atoms with E-state index in [1.807, 2.05) is 0 Å². The lowest BCUT2D eigenvalue weighted by molar-refractivity contribution is -0.389. The first-order chi connectivity index (χ1) is 18.8. The lowest BCUT2D eigenvalue weighted by atomic mass is 9.87. The van der Waals surface area contributed by atoms with Crippen LogP contribution in [-0.2, 0) is 5.67 Å². The molecule has 220 valence electrons. The minimum absolute atomic E-state index is 0.0740. The number of nitrogens with one attached hydrogen (secondary N) is 1. The molecule has 3 aromatic carbocycles. The molecular formula is C25H14F10I2N2O2. The molecule has 2 amide bonds. The standard InChI is InChI=1S/C25H14F10I2N2O2/c1-39(21(41)12-6-3-2-4-7-12)17-9-5-8-14(18(17)26)20(40)38-19-15(36)10-13(11-16(19)37)22(27,24(30,31)32)23(28,29)25(33,34)35/h2-11H,1H3,(H,38,40). The van der Waals surface area contributed by atoms with Gasteiger partial charge in [-0.1, -0.05) is 24.3 Å². The first-order valence-corrected chi connectivity index (χ1v) is 13.0. The lowest BCUT2D eigenvalue weighted by Gasteiger charge is -2.36. The Morgan fingerprint density at radius 1 is 0.780 bits per heavy atom. The normalized spacial score (nSPS) is 13.9. The summed E-state index contributed by atoms with van der Waals surface area (Å²) in [4.78, 5) is 26.5. The Labute approximate surface area is 252 Å². The smallest absolute Gasteiger partial charge is 0.320 e. The van der Waals surface area contributed by atoms with Crippen molar-refractivity contribution in [3.63, 3.8) is 0 Å². The molecule has 0 aliphatic rings. The zero-order valence-corrected chi connectivity index (χ0v) is 24.4. The molecule has 0 saturated carbocycles. The first-order valence-electron chi connectivity index (χ1n) is 10.9. The number of nitrogens with zero attached hydrogens (tertiary/aromatic N) is 1. The molecule has 0 aliphatic carbocycles. The Hall–Kier alpha value is -2.64. The molecule has 0 spiro atoms. The number of alkyl halides is 9. The highest BCUT2D eigenvalue weighted by Gasteiger charge is 2.81. The molecule has 1 unspecified atom stereocenters. The molecule has 0 saturated heterocycles. The maximum atomic E-state index is 15.3. The van der Waals surface area contributed by atoms with Gasteiger partial charge in [-0.15, -0.1) is 0 Å². The Balaban J connectivity index is 2.00. The summed E-state index contributed by atoms with van der Waals surface area (Å²) in [6.45, 7) is 0. The van der Waals surface area contributed by atoms with Crippen molar-refractivity contribution < 1.29 is 53.5 Å². The van der Waals surface area contributed by atoms with Crippen LogP contribution in [0.5, 0.6) is 0 Å². The van der Waals surface area contributed by atoms with Gasteiger partial charge in [0.05, 0.1) is 16.9 Å². The van der Waals surface area contributed by atoms with Crippen molar-refractivity contribution in [2.24, 2.45) is 0 Å². The summed E-state index contributed by atoms with van der Waals surface area (Å²) in [5.74, 6) is -9.89. The van der Waals surface area contributed by atoms with E-state index in [1.54, 1.807) is 18.2 Å². The summed E-state index contributed by atoms with van der Waals surface area (Å²) in [6.07, 6.45) is -13.6. The van der Waals surface area contributed by atoms with Crippen molar-refractivity contribution in [2.45, 2.75) is 23.9 Å². The van der Waals surface area contributed by atoms with Crippen molar-refractivity contribution in [3.05, 3.63) is 90.3 Å². The van der Waals surface area contributed by atoms with Crippen LogP contribution in [0.1, 0.15) is 26.3 Å². The molecule has 4 nitrogen and oxygen atoms in total. The van der Waals surface area contributed by atoms with Gasteiger partial charge in [0.25, 0.3) is 11.8 Å². The molecule has 1 N–H and O–H groups in total. The maximum absolute atomic E-state index is 15.3. The molecule has 0 aliphatic heterocycles. The van der Waals surface area contributed by atoms with Crippen molar-refractivity contribution in [1.82, 2.24) is 0 Å². The Kier molecular flexibility index (Phi) is 9.27. The third-order valence-corrected chi connectivity index (χ3v) is 7.47. The van der Waals surface area contributed by atoms with Crippen LogP contribution in [-0.4, -0.2) is 37.1 Å². The second kappa shape index (κ2) is 11.6. The number of benzene rings is 3. The van der Waals surface area contributed by atoms with Crippen molar-refractivity contribution in [1.29, 1.82) is 0 Å². The summed E-state index contributed by atoms with van der Waals surface area (Å²) >= 11 is 2.39. The number of hydrogen-bond donors (Lipinski definition) is 1. The van der Waals surface area contributed by atoms with E-state index in [1.165, 1.54) is 76.5 Å². The van der Waals surface area contributed by atoms with E-state index in [0.717, 1.165) is 11.0 Å². The largest absolute Gasteiger partial charge is 0.457 e. The van der Waals surface area contributed by atoms with Gasteiger partial charge in [0, 0.05) is 25.3 Å². The van der Waals surface area contributed by atoms with Crippen LogP contribution in [0.15, 0.2) is 60.7 Å². The van der Waals surface area contributed by atoms with E-state index < -0.39 is 65.5 Å². The minimum atomic E-state index is -6.90. The number of amides is 2. The van der Waals surface area contributed by atoms with Gasteiger partial charge in [-0.05, 0) is 81.6 Å². The van der Waals surface area contributed by atoms with Crippen molar-refractivity contribution in [2.75, 3.05) is 17.3 Å². The fraction of sp³-hybridized carbons (Fsp3) is 0.200. The van der Waals surface area contributed by atoms with Crippen molar-refractivity contribution >= 4 is 68.4 Å². The van der Waals surface area contributed by atoms with Crippen LogP contribution >= 0.6 is 45.2 Å². The minimum Gasteiger partial charge on any atom is -0.320 e. The molecule has 0 fully saturated rings. The quantitative estimate of drug-likeness (QED) is 0.201. The predicted molar refractivity (Wildman–Crippen MR) is 145 cm³/mol. The summed E-state index contributed by atoms with van der Waals surface area (Å²) in [7, 11) is 1.24. The molecule has 0 radical (unpaired) electrons. The number of anilines is 2. The Morgan fingerprint density at radius 3 is 1.80 bits per heavy atom. The van der Waals surface area contributed by atoms with E-state index in [4.69, 9.17) is 0 Å². The second-order valence-electron chi connectivity index (χ2n) is 8.37. The van der Waals surface area contributed by atoms with Crippen LogP contribution in [0, 0.1) is 13.0 Å². The maximum Gasteiger partial charge on any atom is 0.457 e. The molecule has 0 bridgehead atoms. The van der Waals surface area contributed by atoms with Crippen LogP contribution < -0.4 is 10.2 Å². The third kappa shape index (κ3) is 5.98. The van der Waals surface area contributed by atoms with Crippen molar-refractivity contribution in [3.8, 4) is 0 Å². The molecule has 16 heteroatoms. The molecule has 0 heterocycles. The van der Waals surface area contributed by atoms with E-state index >= 15 is 4.39 Å². The molecule has 3 aromatic rings. The second-order valence-corrected chi connectivity index (χ2v) is 10.7. The van der Waals surface area contributed by atoms with Gasteiger partial charge < -0.3 is 10.2 Å². The fourth-order valence-electron chi connectivity index (χ4n) is 3.63. The van der Waals surface area contributed by atoms with Gasteiger partial charge in [0.15, 0.2) is 5.82 Å². The highest BCUT2D eigenvalue weighted by atomic mass is 127. The zero-order chi connectivity index (χ0) is 31.1. The number of rotatable bonds is 6. The topological polar surface area (TPSA) is 49.4 Å². The zero-order valence-electron chi connectivity index (χ0n) is 20.1. The van der Waals surface area contributed by atoms with E-state index in [2.05, 4.69) is 5.32 Å². The number of hydrogen-bond acceptors (Lipinski definition) is 2. The average molecular weight is 818 g/mol. The van der Waals surface area contributed by atoms with Crippen LogP contribution in [0.25, 0.3) is 0 Å². The van der Waals surface area contributed by atoms with Gasteiger partial charge in [0.2, 0.25) is 0 Å². The monoisotopic (exact) mass is 818 g/mol. The highest BCUT2D eigenvalue weighted by molar-refractivity contribution is 14.1. The Morgan fingerprint density at radius 2 is 1.32 bits per heavy atom. The lowest BCUT2D eigenvalue weighted by Crippen LogP contribution is -2.59. The van der Waals surface area contributed by atoms with Gasteiger partial charge >= 0.3 is 23.9 Å². The summed E-state index contributed by atoms with van der Waals surface area (Å²) in [6, 6.07) is 11.3. The molecule has 3 rings (SSSR count). The molecule has 0 aromatic heterocycles. The predicted octanol–water partition coefficient (Wildman–Crippen LogP) is 8.49. The Bertz CT molecular complexity index is 1460. The summed E-state index contributed by atoms with van der Waals surface area (Å²) in [5.41, 5.74) is -9.42. The first kappa shape index (κ1) is 32.9. The van der Waals surface area contributed by atoms with Crippen LogP contribution in [0.3, 0.4) is 0 Å². The molecule has 1 atom stereocenters. The number of carbonyl (C=O) groups excluding carboxylic acids is 2. The molecule has 41 heavy (non-hydrogen) atoms. The molecular weight excluding hydrogens is 804 g/mol. The van der Waals surface area contributed by atoms with Gasteiger partial charge in [0.1, 0.15) is 0 Å². The van der Waals surface area contributed by atoms with Gasteiger partial charge in [-0.3, -0.25) is 9.59 Å². The average Bonchev–Trinajstić information content (AvgIpc) is 2.88. The van der Waals surface area contributed by atoms with Crippen LogP contribution in [0.4, 0.5) is 55.3 Å². The summed E-state index contributed by atoms with van der Waals surface area (Å²) in [5, 5.41) is 2.14. The third-order valence-electron chi connectivity index (χ3n) is 5.77. The number of halogens is 12. The summed E-state index contributed by atoms with van der Waals surface area (Å²) < 4.78 is 136. The van der Waals surface area contributed by atoms with E-state index in [-0.39, 0.29) is 23.4 Å². The highest BCUT2D eigenvalue weighted by Crippen LogP contribution is 2.58. The fourth-order valence-corrected chi connectivity index (χ4v) is 5.67. The van der Waals surface area contributed by atoms with E-state index in [9.17, 15) is 49.1 Å².